The molecule has 7 heteroatoms. The highest BCUT2D eigenvalue weighted by Crippen LogP contribution is 2.21. The lowest BCUT2D eigenvalue weighted by Crippen LogP contribution is -2.10. The van der Waals surface area contributed by atoms with Crippen LogP contribution in [0.5, 0.6) is 0 Å². The first-order valence-electron chi connectivity index (χ1n) is 4.62. The van der Waals surface area contributed by atoms with E-state index >= 15 is 0 Å². The Kier molecular flexibility index (Phi) is 5.41. The monoisotopic (exact) mass is 246 g/mol. The number of oxime groups is 1. The summed E-state index contributed by atoms with van der Waals surface area (Å²) in [4.78, 5) is 4.24. The van der Waals surface area contributed by atoms with Gasteiger partial charge in [0.05, 0.1) is 0 Å². The van der Waals surface area contributed by atoms with Crippen LogP contribution in [0.2, 0.25) is 0 Å². The minimum absolute atomic E-state index is 0.298. The molecule has 0 fully saturated rings. The summed E-state index contributed by atoms with van der Waals surface area (Å²) in [6.45, 7) is 1.89. The molecule has 1 aromatic heterocycles. The number of aromatic nitrogens is 2. The summed E-state index contributed by atoms with van der Waals surface area (Å²) in [5, 5.41) is 11.2. The van der Waals surface area contributed by atoms with Gasteiger partial charge in [-0.25, -0.2) is 4.98 Å². The maximum atomic E-state index is 8.31. The predicted molar refractivity (Wildman–Crippen MR) is 62.6 cm³/mol. The van der Waals surface area contributed by atoms with Gasteiger partial charge in [0.1, 0.15) is 11.7 Å². The van der Waals surface area contributed by atoms with Crippen LogP contribution in [-0.4, -0.2) is 26.2 Å². The Morgan fingerprint density at radius 1 is 1.60 bits per heavy atom. The van der Waals surface area contributed by atoms with Crippen molar-refractivity contribution in [3.8, 4) is 0 Å². The van der Waals surface area contributed by atoms with Crippen molar-refractivity contribution in [3.63, 3.8) is 0 Å². The van der Waals surface area contributed by atoms with Crippen LogP contribution >= 0.6 is 23.3 Å². The minimum Gasteiger partial charge on any atom is -0.409 e. The van der Waals surface area contributed by atoms with E-state index in [9.17, 15) is 0 Å². The van der Waals surface area contributed by atoms with Gasteiger partial charge >= 0.3 is 0 Å². The second-order valence-corrected chi connectivity index (χ2v) is 5.10. The molecule has 0 aromatic carbocycles. The lowest BCUT2D eigenvalue weighted by atomic mass is 10.2. The van der Waals surface area contributed by atoms with E-state index in [-0.39, 0.29) is 0 Å². The molecule has 5 nitrogen and oxygen atoms in total. The van der Waals surface area contributed by atoms with E-state index in [0.29, 0.717) is 12.3 Å². The van der Waals surface area contributed by atoms with Crippen molar-refractivity contribution in [2.45, 2.75) is 30.5 Å². The van der Waals surface area contributed by atoms with Crippen LogP contribution < -0.4 is 5.73 Å². The van der Waals surface area contributed by atoms with Crippen LogP contribution in [-0.2, 0) is 0 Å². The SMILES string of the molecule is Cc1nsc(SCCCCC(N)=NO)n1. The van der Waals surface area contributed by atoms with Crippen molar-refractivity contribution in [2.75, 3.05) is 5.75 Å². The van der Waals surface area contributed by atoms with Crippen molar-refractivity contribution >= 4 is 29.1 Å². The summed E-state index contributed by atoms with van der Waals surface area (Å²) in [5.41, 5.74) is 5.34. The Morgan fingerprint density at radius 2 is 2.40 bits per heavy atom. The van der Waals surface area contributed by atoms with Crippen LogP contribution in [0, 0.1) is 6.92 Å². The average Bonchev–Trinajstić information content (AvgIpc) is 2.63. The Bertz CT molecular complexity index is 326. The molecule has 0 radical (unpaired) electrons. The highest BCUT2D eigenvalue weighted by molar-refractivity contribution is 8.00. The Morgan fingerprint density at radius 3 is 3.00 bits per heavy atom. The van der Waals surface area contributed by atoms with Crippen LogP contribution in [0.15, 0.2) is 9.50 Å². The number of hydrogen-bond acceptors (Lipinski definition) is 6. The summed E-state index contributed by atoms with van der Waals surface area (Å²) in [7, 11) is 0. The van der Waals surface area contributed by atoms with E-state index in [0.717, 1.165) is 28.8 Å². The highest BCUT2D eigenvalue weighted by atomic mass is 32.2. The van der Waals surface area contributed by atoms with Crippen LogP contribution in [0.25, 0.3) is 0 Å². The van der Waals surface area contributed by atoms with Gasteiger partial charge in [0, 0.05) is 12.2 Å². The fourth-order valence-electron chi connectivity index (χ4n) is 0.954. The fraction of sp³-hybridized carbons (Fsp3) is 0.625. The van der Waals surface area contributed by atoms with Crippen LogP contribution in [0.3, 0.4) is 0 Å². The Hall–Kier alpha value is -0.820. The lowest BCUT2D eigenvalue weighted by molar-refractivity contribution is 0.316. The van der Waals surface area contributed by atoms with Crippen molar-refractivity contribution in [3.05, 3.63) is 5.82 Å². The Labute approximate surface area is 96.9 Å². The molecule has 0 saturated heterocycles. The Balaban J connectivity index is 2.07. The van der Waals surface area contributed by atoms with E-state index < -0.39 is 0 Å². The molecule has 0 aliphatic rings. The largest absolute Gasteiger partial charge is 0.409 e. The predicted octanol–water partition coefficient (Wildman–Crippen LogP) is 1.86. The van der Waals surface area contributed by atoms with Crippen molar-refractivity contribution in [1.82, 2.24) is 9.36 Å². The normalized spacial score (nSPS) is 11.9. The van der Waals surface area contributed by atoms with Crippen molar-refractivity contribution in [1.29, 1.82) is 0 Å². The molecule has 0 aliphatic carbocycles. The van der Waals surface area contributed by atoms with Gasteiger partial charge < -0.3 is 10.9 Å². The molecule has 0 saturated carbocycles. The summed E-state index contributed by atoms with van der Waals surface area (Å²) in [5.74, 6) is 2.12. The zero-order chi connectivity index (χ0) is 11.1. The van der Waals surface area contributed by atoms with Crippen LogP contribution in [0.4, 0.5) is 0 Å². The number of amidine groups is 1. The molecular formula is C8H14N4OS2. The zero-order valence-corrected chi connectivity index (χ0v) is 10.1. The van der Waals surface area contributed by atoms with Crippen LogP contribution in [0.1, 0.15) is 25.1 Å². The number of nitrogens with zero attached hydrogens (tertiary/aromatic N) is 3. The summed E-state index contributed by atoms with van der Waals surface area (Å²) < 4.78 is 5.11. The van der Waals surface area contributed by atoms with Gasteiger partial charge in [0.25, 0.3) is 0 Å². The minimum atomic E-state index is 0.298. The van der Waals surface area contributed by atoms with E-state index in [4.69, 9.17) is 10.9 Å². The number of rotatable bonds is 6. The van der Waals surface area contributed by atoms with E-state index in [1.54, 1.807) is 11.8 Å². The first-order chi connectivity index (χ1) is 7.22. The molecule has 1 heterocycles. The fourth-order valence-corrected chi connectivity index (χ4v) is 2.67. The maximum absolute atomic E-state index is 8.31. The molecule has 0 bridgehead atoms. The van der Waals surface area contributed by atoms with Crippen molar-refractivity contribution in [2.24, 2.45) is 10.9 Å². The third-order valence-corrected chi connectivity index (χ3v) is 3.70. The van der Waals surface area contributed by atoms with Gasteiger partial charge in [0.2, 0.25) is 0 Å². The van der Waals surface area contributed by atoms with E-state index in [1.807, 2.05) is 6.92 Å². The maximum Gasteiger partial charge on any atom is 0.170 e. The molecule has 0 spiro atoms. The van der Waals surface area contributed by atoms with Gasteiger partial charge in [-0.05, 0) is 31.3 Å². The molecule has 15 heavy (non-hydrogen) atoms. The topological polar surface area (TPSA) is 84.4 Å². The first kappa shape index (κ1) is 12.3. The van der Waals surface area contributed by atoms with Crippen molar-refractivity contribution < 1.29 is 5.21 Å². The molecule has 84 valence electrons. The van der Waals surface area contributed by atoms with E-state index in [2.05, 4.69) is 14.5 Å². The molecule has 3 N–H and O–H groups in total. The summed E-state index contributed by atoms with van der Waals surface area (Å²) in [6, 6.07) is 0. The number of aryl methyl sites for hydroxylation is 1. The van der Waals surface area contributed by atoms with Gasteiger partial charge in [-0.15, -0.1) is 0 Å². The summed E-state index contributed by atoms with van der Waals surface area (Å²) >= 11 is 3.13. The third kappa shape index (κ3) is 4.98. The standard InChI is InChI=1S/C8H14N4OS2/c1-6-10-8(15-12-6)14-5-3-2-4-7(9)11-13/h13H,2-5H2,1H3,(H2,9,11). The second kappa shape index (κ2) is 6.62. The number of nitrogens with two attached hydrogens (primary N) is 1. The number of unbranched alkanes of at least 4 members (excludes halogenated alkanes) is 1. The molecule has 1 rings (SSSR count). The first-order valence-corrected chi connectivity index (χ1v) is 6.38. The van der Waals surface area contributed by atoms with Gasteiger partial charge in [-0.1, -0.05) is 16.9 Å². The van der Waals surface area contributed by atoms with E-state index in [1.165, 1.54) is 11.5 Å². The van der Waals surface area contributed by atoms with Gasteiger partial charge in [0.15, 0.2) is 4.34 Å². The summed E-state index contributed by atoms with van der Waals surface area (Å²) in [6.07, 6.45) is 2.60. The average molecular weight is 246 g/mol. The number of hydrogen-bond donors (Lipinski definition) is 2. The molecule has 1 aromatic rings. The molecule has 0 aliphatic heterocycles. The zero-order valence-electron chi connectivity index (χ0n) is 8.51. The molecule has 0 atom stereocenters. The third-order valence-electron chi connectivity index (χ3n) is 1.69. The van der Waals surface area contributed by atoms with Gasteiger partial charge in [-0.3, -0.25) is 0 Å². The molecular weight excluding hydrogens is 232 g/mol. The number of thioether (sulfide) groups is 1. The van der Waals surface area contributed by atoms with Gasteiger partial charge in [-0.2, -0.15) is 4.37 Å². The molecule has 0 amide bonds. The second-order valence-electron chi connectivity index (χ2n) is 3.00. The highest BCUT2D eigenvalue weighted by Gasteiger charge is 2.00. The lowest BCUT2D eigenvalue weighted by Gasteiger charge is -1.97. The quantitative estimate of drug-likeness (QED) is 0.200. The molecule has 0 unspecified atom stereocenters. The smallest absolute Gasteiger partial charge is 0.170 e.